The van der Waals surface area contributed by atoms with Gasteiger partial charge in [0.25, 0.3) is 0 Å². The van der Waals surface area contributed by atoms with Crippen LogP contribution in [-0.2, 0) is 6.54 Å². The lowest BCUT2D eigenvalue weighted by Gasteiger charge is -2.16. The summed E-state index contributed by atoms with van der Waals surface area (Å²) in [6, 6.07) is 0.404. The van der Waals surface area contributed by atoms with Crippen molar-refractivity contribution < 1.29 is 0 Å². The van der Waals surface area contributed by atoms with E-state index in [2.05, 4.69) is 34.9 Å². The van der Waals surface area contributed by atoms with Crippen LogP contribution in [0.2, 0.25) is 0 Å². The van der Waals surface area contributed by atoms with Crippen LogP contribution >= 0.6 is 0 Å². The topological polar surface area (TPSA) is 29.9 Å². The van der Waals surface area contributed by atoms with Crippen LogP contribution in [0.3, 0.4) is 0 Å². The van der Waals surface area contributed by atoms with Crippen molar-refractivity contribution in [2.45, 2.75) is 45.7 Å². The van der Waals surface area contributed by atoms with Gasteiger partial charge >= 0.3 is 0 Å². The molecule has 0 bridgehead atoms. The Hall–Kier alpha value is -0.830. The molecule has 80 valence electrons. The van der Waals surface area contributed by atoms with Crippen molar-refractivity contribution in [1.82, 2.24) is 14.9 Å². The van der Waals surface area contributed by atoms with E-state index in [1.807, 2.05) is 13.2 Å². The molecule has 0 fully saturated rings. The molecule has 3 nitrogen and oxygen atoms in total. The molecule has 1 aromatic heterocycles. The quantitative estimate of drug-likeness (QED) is 0.755. The summed E-state index contributed by atoms with van der Waals surface area (Å²) in [5, 5.41) is 3.32. The van der Waals surface area contributed by atoms with Gasteiger partial charge < -0.3 is 9.88 Å². The SMILES string of the molecule is CCCC(NC)c1nccn1CCC. The fourth-order valence-corrected chi connectivity index (χ4v) is 1.75. The molecule has 1 N–H and O–H groups in total. The third-order valence-corrected chi connectivity index (χ3v) is 2.45. The largest absolute Gasteiger partial charge is 0.334 e. The maximum absolute atomic E-state index is 4.43. The Labute approximate surface area is 86.5 Å². The highest BCUT2D eigenvalue weighted by atomic mass is 15.1. The molecule has 0 aliphatic carbocycles. The van der Waals surface area contributed by atoms with Gasteiger partial charge in [-0.25, -0.2) is 4.98 Å². The summed E-state index contributed by atoms with van der Waals surface area (Å²) in [7, 11) is 2.01. The summed E-state index contributed by atoms with van der Waals surface area (Å²) in [5.74, 6) is 1.18. The minimum absolute atomic E-state index is 0.404. The van der Waals surface area contributed by atoms with Crippen LogP contribution in [0.15, 0.2) is 12.4 Å². The Kier molecular flexibility index (Phi) is 4.66. The van der Waals surface area contributed by atoms with Crippen molar-refractivity contribution >= 4 is 0 Å². The van der Waals surface area contributed by atoms with Gasteiger partial charge in [0.15, 0.2) is 0 Å². The molecule has 1 heterocycles. The van der Waals surface area contributed by atoms with Gasteiger partial charge in [-0.05, 0) is 19.9 Å². The van der Waals surface area contributed by atoms with Crippen LogP contribution in [0.4, 0.5) is 0 Å². The van der Waals surface area contributed by atoms with Crippen molar-refractivity contribution in [2.24, 2.45) is 0 Å². The maximum Gasteiger partial charge on any atom is 0.125 e. The van der Waals surface area contributed by atoms with E-state index in [1.54, 1.807) is 0 Å². The standard InChI is InChI=1S/C11H21N3/c1-4-6-10(12-3)11-13-7-9-14(11)8-5-2/h7,9-10,12H,4-6,8H2,1-3H3. The molecule has 1 unspecified atom stereocenters. The summed E-state index contributed by atoms with van der Waals surface area (Å²) in [4.78, 5) is 4.43. The minimum atomic E-state index is 0.404. The second kappa shape index (κ2) is 5.81. The molecule has 3 heteroatoms. The summed E-state index contributed by atoms with van der Waals surface area (Å²) in [6.07, 6.45) is 7.46. The predicted octanol–water partition coefficient (Wildman–Crippen LogP) is 2.35. The smallest absolute Gasteiger partial charge is 0.125 e. The number of aryl methyl sites for hydroxylation is 1. The van der Waals surface area contributed by atoms with E-state index in [0.29, 0.717) is 6.04 Å². The highest BCUT2D eigenvalue weighted by Gasteiger charge is 2.13. The van der Waals surface area contributed by atoms with Gasteiger partial charge in [0.2, 0.25) is 0 Å². The zero-order valence-electron chi connectivity index (χ0n) is 9.45. The molecule has 0 aliphatic rings. The average molecular weight is 195 g/mol. The van der Waals surface area contributed by atoms with Crippen LogP contribution in [0.25, 0.3) is 0 Å². The molecule has 0 aromatic carbocycles. The average Bonchev–Trinajstić information content (AvgIpc) is 2.63. The van der Waals surface area contributed by atoms with Gasteiger partial charge in [0, 0.05) is 18.9 Å². The monoisotopic (exact) mass is 195 g/mol. The van der Waals surface area contributed by atoms with Gasteiger partial charge in [-0.3, -0.25) is 0 Å². The minimum Gasteiger partial charge on any atom is -0.334 e. The molecule has 0 saturated heterocycles. The van der Waals surface area contributed by atoms with Crippen LogP contribution in [0.5, 0.6) is 0 Å². The van der Waals surface area contributed by atoms with Gasteiger partial charge in [-0.15, -0.1) is 0 Å². The van der Waals surface area contributed by atoms with E-state index in [-0.39, 0.29) is 0 Å². The van der Waals surface area contributed by atoms with Crippen molar-refractivity contribution in [3.05, 3.63) is 18.2 Å². The number of nitrogens with zero attached hydrogens (tertiary/aromatic N) is 2. The van der Waals surface area contributed by atoms with Crippen molar-refractivity contribution in [2.75, 3.05) is 7.05 Å². The molecule has 0 amide bonds. The van der Waals surface area contributed by atoms with Gasteiger partial charge in [-0.2, -0.15) is 0 Å². The summed E-state index contributed by atoms with van der Waals surface area (Å²) < 4.78 is 2.25. The van der Waals surface area contributed by atoms with Crippen LogP contribution < -0.4 is 5.32 Å². The number of imidazole rings is 1. The van der Waals surface area contributed by atoms with Crippen molar-refractivity contribution in [3.63, 3.8) is 0 Å². The fraction of sp³-hybridized carbons (Fsp3) is 0.727. The molecule has 0 spiro atoms. The van der Waals surface area contributed by atoms with E-state index in [0.717, 1.165) is 19.4 Å². The number of hydrogen-bond donors (Lipinski definition) is 1. The van der Waals surface area contributed by atoms with Crippen LogP contribution in [0.1, 0.15) is 45.0 Å². The Bertz CT molecular complexity index is 255. The summed E-state index contributed by atoms with van der Waals surface area (Å²) >= 11 is 0. The first-order chi connectivity index (χ1) is 6.83. The third-order valence-electron chi connectivity index (χ3n) is 2.45. The first kappa shape index (κ1) is 11.2. The van der Waals surface area contributed by atoms with Gasteiger partial charge in [-0.1, -0.05) is 20.3 Å². The molecule has 0 saturated carbocycles. The number of hydrogen-bond acceptors (Lipinski definition) is 2. The lowest BCUT2D eigenvalue weighted by molar-refractivity contribution is 0.481. The zero-order chi connectivity index (χ0) is 10.4. The van der Waals surface area contributed by atoms with E-state index in [4.69, 9.17) is 0 Å². The van der Waals surface area contributed by atoms with Gasteiger partial charge in [0.1, 0.15) is 5.82 Å². The Morgan fingerprint density at radius 3 is 2.79 bits per heavy atom. The summed E-state index contributed by atoms with van der Waals surface area (Å²) in [6.45, 7) is 5.46. The molecule has 14 heavy (non-hydrogen) atoms. The predicted molar refractivity (Wildman–Crippen MR) is 59.2 cm³/mol. The third kappa shape index (κ3) is 2.58. The highest BCUT2D eigenvalue weighted by molar-refractivity contribution is 4.99. The molecular weight excluding hydrogens is 174 g/mol. The van der Waals surface area contributed by atoms with Crippen LogP contribution in [0, 0.1) is 0 Å². The molecule has 0 radical (unpaired) electrons. The second-order valence-corrected chi connectivity index (χ2v) is 3.61. The number of aromatic nitrogens is 2. The number of rotatable bonds is 6. The van der Waals surface area contributed by atoms with E-state index < -0.39 is 0 Å². The fourth-order valence-electron chi connectivity index (χ4n) is 1.75. The molecule has 1 atom stereocenters. The lowest BCUT2D eigenvalue weighted by Crippen LogP contribution is -2.20. The molecule has 0 aliphatic heterocycles. The molecule has 1 rings (SSSR count). The molecule has 1 aromatic rings. The van der Waals surface area contributed by atoms with Crippen LogP contribution in [-0.4, -0.2) is 16.6 Å². The normalized spacial score (nSPS) is 13.1. The first-order valence-corrected chi connectivity index (χ1v) is 5.51. The Morgan fingerprint density at radius 1 is 1.43 bits per heavy atom. The van der Waals surface area contributed by atoms with Crippen molar-refractivity contribution in [1.29, 1.82) is 0 Å². The maximum atomic E-state index is 4.43. The zero-order valence-corrected chi connectivity index (χ0v) is 9.45. The summed E-state index contributed by atoms with van der Waals surface area (Å²) in [5.41, 5.74) is 0. The van der Waals surface area contributed by atoms with Crippen molar-refractivity contribution in [3.8, 4) is 0 Å². The van der Waals surface area contributed by atoms with E-state index in [9.17, 15) is 0 Å². The number of nitrogens with one attached hydrogen (secondary N) is 1. The lowest BCUT2D eigenvalue weighted by atomic mass is 10.1. The first-order valence-electron chi connectivity index (χ1n) is 5.51. The van der Waals surface area contributed by atoms with E-state index in [1.165, 1.54) is 12.2 Å². The van der Waals surface area contributed by atoms with Gasteiger partial charge in [0.05, 0.1) is 6.04 Å². The molecular formula is C11H21N3. The Morgan fingerprint density at radius 2 is 2.21 bits per heavy atom. The Balaban J connectivity index is 2.74. The van der Waals surface area contributed by atoms with E-state index >= 15 is 0 Å². The second-order valence-electron chi connectivity index (χ2n) is 3.61. The highest BCUT2D eigenvalue weighted by Crippen LogP contribution is 2.16.